The predicted molar refractivity (Wildman–Crippen MR) is 85.8 cm³/mol. The van der Waals surface area contributed by atoms with E-state index < -0.39 is 0 Å². The summed E-state index contributed by atoms with van der Waals surface area (Å²) in [5.41, 5.74) is 0.925. The molecule has 3 rings (SSSR count). The second-order valence-electron chi connectivity index (χ2n) is 4.37. The van der Waals surface area contributed by atoms with Gasteiger partial charge in [0.2, 0.25) is 5.91 Å². The van der Waals surface area contributed by atoms with E-state index in [4.69, 9.17) is 0 Å². The van der Waals surface area contributed by atoms with Gasteiger partial charge in [-0.3, -0.25) is 4.79 Å². The van der Waals surface area contributed by atoms with Crippen molar-refractivity contribution in [3.05, 3.63) is 48.6 Å². The molecule has 2 aliphatic carbocycles. The first-order valence-corrected chi connectivity index (χ1v) is 7.46. The van der Waals surface area contributed by atoms with Crippen LogP contribution in [0.5, 0.6) is 0 Å². The third-order valence-electron chi connectivity index (χ3n) is 2.77. The Labute approximate surface area is 139 Å². The molecule has 1 aliphatic heterocycles. The molecule has 0 aromatic carbocycles. The summed E-state index contributed by atoms with van der Waals surface area (Å²) in [7, 11) is 0. The van der Waals surface area contributed by atoms with E-state index in [-0.39, 0.29) is 28.9 Å². The Bertz CT molecular complexity index is 525. The molecule has 0 spiro atoms. The Morgan fingerprint density at radius 2 is 1.90 bits per heavy atom. The minimum absolute atomic E-state index is 0. The summed E-state index contributed by atoms with van der Waals surface area (Å²) in [4.78, 5) is 10.9. The number of thioether (sulfide) groups is 1. The summed E-state index contributed by atoms with van der Waals surface area (Å²) in [6, 6.07) is 0. The summed E-state index contributed by atoms with van der Waals surface area (Å²) in [6.07, 6.45) is 17.6. The van der Waals surface area contributed by atoms with Gasteiger partial charge in [0.25, 0.3) is 0 Å². The molecule has 110 valence electrons. The summed E-state index contributed by atoms with van der Waals surface area (Å²) in [5, 5.41) is 11.3. The fourth-order valence-corrected chi connectivity index (χ4v) is 2.30. The van der Waals surface area contributed by atoms with Crippen LogP contribution in [0.4, 0.5) is 0 Å². The minimum Gasteiger partial charge on any atom is -0.303 e. The zero-order chi connectivity index (χ0) is 14.2. The molecule has 0 atom stereocenters. The minimum atomic E-state index is -0.00717. The predicted octanol–water partition coefficient (Wildman–Crippen LogP) is 2.82. The van der Waals surface area contributed by atoms with Crippen molar-refractivity contribution in [1.82, 2.24) is 5.32 Å². The average molecular weight is 343 g/mol. The Morgan fingerprint density at radius 3 is 2.38 bits per heavy atom. The van der Waals surface area contributed by atoms with Gasteiger partial charge in [-0.25, -0.2) is 0 Å². The number of hydrogen-bond acceptors (Lipinski definition) is 4. The maximum Gasteiger partial charge on any atom is 2.00 e. The van der Waals surface area contributed by atoms with Crippen LogP contribution in [0.1, 0.15) is 13.3 Å². The Morgan fingerprint density at radius 1 is 1.24 bits per heavy atom. The van der Waals surface area contributed by atoms with Crippen molar-refractivity contribution in [1.29, 1.82) is 0 Å². The van der Waals surface area contributed by atoms with Crippen LogP contribution in [0.3, 0.4) is 0 Å². The van der Waals surface area contributed by atoms with Gasteiger partial charge in [0.15, 0.2) is 5.17 Å². The number of amides is 1. The van der Waals surface area contributed by atoms with E-state index in [0.29, 0.717) is 10.9 Å². The zero-order valence-corrected chi connectivity index (χ0v) is 13.6. The summed E-state index contributed by atoms with van der Waals surface area (Å²) in [5.74, 6) is 0.681. The second kappa shape index (κ2) is 9.55. The van der Waals surface area contributed by atoms with E-state index in [1.165, 1.54) is 11.8 Å². The van der Waals surface area contributed by atoms with E-state index in [2.05, 4.69) is 52.0 Å². The fourth-order valence-electron chi connectivity index (χ4n) is 1.67. The molecule has 1 heterocycles. The number of allylic oxidation sites excluding steroid dienone is 8. The largest absolute Gasteiger partial charge is 2.00 e. The van der Waals surface area contributed by atoms with Crippen LogP contribution in [0.15, 0.2) is 58.8 Å². The number of rotatable bonds is 2. The number of nitrogens with one attached hydrogen (secondary N) is 1. The average Bonchev–Trinajstić information content (AvgIpc) is 3.19. The Balaban J connectivity index is 0.000000313. The molecule has 0 radical (unpaired) electrons. The molecule has 0 aromatic heterocycles. The van der Waals surface area contributed by atoms with Gasteiger partial charge in [0, 0.05) is 11.6 Å². The third-order valence-corrected chi connectivity index (χ3v) is 3.63. The van der Waals surface area contributed by atoms with Gasteiger partial charge in [0.1, 0.15) is 0 Å². The van der Waals surface area contributed by atoms with Crippen molar-refractivity contribution >= 4 is 28.5 Å². The SMILES string of the molecule is C/C(=N\N=C1/NC(=O)CS1)C1C=CC=C1.C1=CCC=C1.[Fe+2]. The third kappa shape index (κ3) is 6.29. The molecule has 1 fully saturated rings. The molecule has 4 nitrogen and oxygen atoms in total. The molecule has 21 heavy (non-hydrogen) atoms. The van der Waals surface area contributed by atoms with E-state index in [9.17, 15) is 4.79 Å². The normalized spacial score (nSPS) is 21.5. The number of carbonyl (C=O) groups excluding carboxylic acids is 1. The van der Waals surface area contributed by atoms with Gasteiger partial charge >= 0.3 is 17.1 Å². The van der Waals surface area contributed by atoms with Gasteiger partial charge in [0.05, 0.1) is 5.75 Å². The number of carbonyl (C=O) groups is 1. The van der Waals surface area contributed by atoms with Gasteiger partial charge in [-0.1, -0.05) is 60.4 Å². The van der Waals surface area contributed by atoms with Crippen molar-refractivity contribution < 1.29 is 21.9 Å². The van der Waals surface area contributed by atoms with Gasteiger partial charge in [-0.15, -0.1) is 5.10 Å². The first-order chi connectivity index (χ1) is 9.75. The van der Waals surface area contributed by atoms with Crippen molar-refractivity contribution in [3.8, 4) is 0 Å². The topological polar surface area (TPSA) is 53.8 Å². The quantitative estimate of drug-likeness (QED) is 0.476. The van der Waals surface area contributed by atoms with Crippen molar-refractivity contribution in [2.45, 2.75) is 13.3 Å². The van der Waals surface area contributed by atoms with E-state index in [1.54, 1.807) is 0 Å². The van der Waals surface area contributed by atoms with E-state index in [0.717, 1.165) is 12.1 Å². The van der Waals surface area contributed by atoms with Crippen LogP contribution in [0.2, 0.25) is 0 Å². The van der Waals surface area contributed by atoms with Crippen LogP contribution in [-0.2, 0) is 21.9 Å². The standard InChI is InChI=1S/C10H11N3OS.C5H6.Fe/c1-7(8-4-2-3-5-8)12-13-10-11-9(14)6-15-10;1-2-4-5-3-1;/h2-5,8H,6H2,1H3,(H,11,13,14);1-4H,5H2;/q;;+2/b12-7+;;. The molecule has 1 saturated heterocycles. The van der Waals surface area contributed by atoms with Gasteiger partial charge in [-0.2, -0.15) is 5.10 Å². The maximum absolute atomic E-state index is 10.9. The molecule has 0 unspecified atom stereocenters. The zero-order valence-electron chi connectivity index (χ0n) is 11.7. The number of amidine groups is 1. The molecular formula is C15H17FeN3OS+2. The van der Waals surface area contributed by atoms with Gasteiger partial charge < -0.3 is 5.32 Å². The summed E-state index contributed by atoms with van der Waals surface area (Å²) < 4.78 is 0. The first kappa shape index (κ1) is 17.7. The van der Waals surface area contributed by atoms with Crippen molar-refractivity contribution in [2.24, 2.45) is 16.1 Å². The van der Waals surface area contributed by atoms with Crippen LogP contribution < -0.4 is 5.32 Å². The van der Waals surface area contributed by atoms with E-state index >= 15 is 0 Å². The second-order valence-corrected chi connectivity index (χ2v) is 5.34. The number of hydrogen-bond donors (Lipinski definition) is 1. The maximum atomic E-state index is 10.9. The molecule has 0 bridgehead atoms. The smallest absolute Gasteiger partial charge is 0.303 e. The van der Waals surface area contributed by atoms with Crippen molar-refractivity contribution in [3.63, 3.8) is 0 Å². The first-order valence-electron chi connectivity index (χ1n) is 6.47. The summed E-state index contributed by atoms with van der Waals surface area (Å²) in [6.45, 7) is 1.93. The molecule has 0 aromatic rings. The molecule has 3 aliphatic rings. The fraction of sp³-hybridized carbons (Fsp3) is 0.267. The van der Waals surface area contributed by atoms with Crippen LogP contribution in [-0.4, -0.2) is 22.5 Å². The molecule has 1 N–H and O–H groups in total. The molecule has 1 amide bonds. The van der Waals surface area contributed by atoms with Gasteiger partial charge in [-0.05, 0) is 13.3 Å². The van der Waals surface area contributed by atoms with Crippen LogP contribution in [0.25, 0.3) is 0 Å². The molecular weight excluding hydrogens is 326 g/mol. The molecule has 6 heteroatoms. The Hall–Kier alpha value is -1.36. The molecule has 0 saturated carbocycles. The van der Waals surface area contributed by atoms with E-state index in [1.807, 2.05) is 19.1 Å². The Kier molecular flexibility index (Phi) is 8.05. The monoisotopic (exact) mass is 343 g/mol. The van der Waals surface area contributed by atoms with Crippen LogP contribution >= 0.6 is 11.8 Å². The summed E-state index contributed by atoms with van der Waals surface area (Å²) >= 11 is 1.38. The number of nitrogens with zero attached hydrogens (tertiary/aromatic N) is 2. The van der Waals surface area contributed by atoms with Crippen LogP contribution in [0, 0.1) is 5.92 Å². The van der Waals surface area contributed by atoms with Crippen molar-refractivity contribution in [2.75, 3.05) is 5.75 Å².